The van der Waals surface area contributed by atoms with Crippen molar-refractivity contribution in [2.75, 3.05) is 5.75 Å². The lowest BCUT2D eigenvalue weighted by Gasteiger charge is -2.10. The molecule has 0 radical (unpaired) electrons. The van der Waals surface area contributed by atoms with Crippen molar-refractivity contribution in [1.82, 2.24) is 15.3 Å². The highest BCUT2D eigenvalue weighted by atomic mass is 32.2. The van der Waals surface area contributed by atoms with Gasteiger partial charge in [-0.05, 0) is 19.8 Å². The number of H-pyrrole nitrogens is 1. The summed E-state index contributed by atoms with van der Waals surface area (Å²) in [5, 5.41) is 3.38. The van der Waals surface area contributed by atoms with E-state index in [9.17, 15) is 9.59 Å². The largest absolute Gasteiger partial charge is 0.353 e. The number of nitrogens with zero attached hydrogens (tertiary/aromatic N) is 1. The molecule has 0 aliphatic carbocycles. The molecule has 0 saturated carbocycles. The summed E-state index contributed by atoms with van der Waals surface area (Å²) < 4.78 is 0. The van der Waals surface area contributed by atoms with E-state index in [1.807, 2.05) is 20.8 Å². The van der Waals surface area contributed by atoms with Gasteiger partial charge in [-0.25, -0.2) is 4.98 Å². The summed E-state index contributed by atoms with van der Waals surface area (Å²) in [5.74, 6) is 0.228. The van der Waals surface area contributed by atoms with E-state index in [-0.39, 0.29) is 23.3 Å². The molecule has 1 unspecified atom stereocenters. The number of aromatic nitrogens is 2. The zero-order valence-electron chi connectivity index (χ0n) is 11.7. The molecule has 1 heterocycles. The molecule has 106 valence electrons. The van der Waals surface area contributed by atoms with Gasteiger partial charge in [0.1, 0.15) is 0 Å². The van der Waals surface area contributed by atoms with Crippen molar-refractivity contribution in [1.29, 1.82) is 0 Å². The lowest BCUT2D eigenvalue weighted by atomic mass is 10.2. The minimum Gasteiger partial charge on any atom is -0.353 e. The third-order valence-corrected chi connectivity index (χ3v) is 3.51. The highest BCUT2D eigenvalue weighted by molar-refractivity contribution is 7.99. The number of thioether (sulfide) groups is 1. The van der Waals surface area contributed by atoms with Gasteiger partial charge in [0, 0.05) is 17.8 Å². The Bertz CT molecular complexity index is 473. The average molecular weight is 283 g/mol. The van der Waals surface area contributed by atoms with E-state index in [0.29, 0.717) is 5.16 Å². The van der Waals surface area contributed by atoms with Crippen molar-refractivity contribution in [3.8, 4) is 0 Å². The first-order chi connectivity index (χ1) is 9.05. The van der Waals surface area contributed by atoms with Crippen molar-refractivity contribution in [2.45, 2.75) is 51.2 Å². The number of carbonyl (C=O) groups excluding carboxylic acids is 1. The van der Waals surface area contributed by atoms with Crippen LogP contribution in [0.25, 0.3) is 0 Å². The number of hydrogen-bond donors (Lipinski definition) is 2. The van der Waals surface area contributed by atoms with Gasteiger partial charge < -0.3 is 10.3 Å². The van der Waals surface area contributed by atoms with Crippen molar-refractivity contribution < 1.29 is 4.79 Å². The molecule has 0 bridgehead atoms. The Morgan fingerprint density at radius 1 is 1.53 bits per heavy atom. The topological polar surface area (TPSA) is 74.8 Å². The van der Waals surface area contributed by atoms with Gasteiger partial charge in [-0.1, -0.05) is 32.0 Å². The minimum absolute atomic E-state index is 0.0390. The van der Waals surface area contributed by atoms with Gasteiger partial charge in [0.2, 0.25) is 5.91 Å². The van der Waals surface area contributed by atoms with Crippen LogP contribution in [0.3, 0.4) is 0 Å². The number of hydrogen-bond acceptors (Lipinski definition) is 4. The highest BCUT2D eigenvalue weighted by Crippen LogP contribution is 2.11. The molecule has 2 N–H and O–H groups in total. The van der Waals surface area contributed by atoms with Crippen molar-refractivity contribution >= 4 is 17.7 Å². The molecule has 1 rings (SSSR count). The molecule has 1 aromatic rings. The van der Waals surface area contributed by atoms with Crippen LogP contribution in [0.4, 0.5) is 0 Å². The zero-order valence-corrected chi connectivity index (χ0v) is 12.5. The normalized spacial score (nSPS) is 12.2. The van der Waals surface area contributed by atoms with E-state index >= 15 is 0 Å². The average Bonchev–Trinajstić information content (AvgIpc) is 2.36. The third kappa shape index (κ3) is 5.92. The van der Waals surface area contributed by atoms with E-state index < -0.39 is 0 Å². The quantitative estimate of drug-likeness (QED) is 0.590. The van der Waals surface area contributed by atoms with E-state index in [0.717, 1.165) is 25.0 Å². The second-order valence-electron chi connectivity index (χ2n) is 4.46. The van der Waals surface area contributed by atoms with Crippen LogP contribution in [0.5, 0.6) is 0 Å². The Balaban J connectivity index is 2.57. The van der Waals surface area contributed by atoms with E-state index in [1.54, 1.807) is 0 Å². The Kier molecular flexibility index (Phi) is 6.62. The van der Waals surface area contributed by atoms with Gasteiger partial charge in [0.25, 0.3) is 5.56 Å². The van der Waals surface area contributed by atoms with Gasteiger partial charge in [0.15, 0.2) is 5.16 Å². The van der Waals surface area contributed by atoms with E-state index in [4.69, 9.17) is 0 Å². The fourth-order valence-corrected chi connectivity index (χ4v) is 2.19. The Labute approximate surface area is 117 Å². The van der Waals surface area contributed by atoms with Crippen molar-refractivity contribution in [3.63, 3.8) is 0 Å². The summed E-state index contributed by atoms with van der Waals surface area (Å²) in [4.78, 5) is 30.0. The summed E-state index contributed by atoms with van der Waals surface area (Å²) in [6.45, 7) is 6.02. The predicted molar refractivity (Wildman–Crippen MR) is 77.5 cm³/mol. The molecular weight excluding hydrogens is 262 g/mol. The maximum atomic E-state index is 11.6. The minimum atomic E-state index is -0.164. The van der Waals surface area contributed by atoms with Gasteiger partial charge in [-0.15, -0.1) is 0 Å². The molecule has 0 aliphatic heterocycles. The van der Waals surface area contributed by atoms with Crippen LogP contribution < -0.4 is 10.9 Å². The number of rotatable bonds is 7. The highest BCUT2D eigenvalue weighted by Gasteiger charge is 2.08. The molecule has 6 heteroatoms. The second-order valence-corrected chi connectivity index (χ2v) is 5.42. The fourth-order valence-electron chi connectivity index (χ4n) is 1.49. The molecule has 0 aliphatic rings. The molecule has 0 saturated heterocycles. The predicted octanol–water partition coefficient (Wildman–Crippen LogP) is 1.73. The summed E-state index contributed by atoms with van der Waals surface area (Å²) in [5.41, 5.74) is 0.611. The van der Waals surface area contributed by atoms with Crippen LogP contribution in [0, 0.1) is 0 Å². The maximum Gasteiger partial charge on any atom is 0.251 e. The van der Waals surface area contributed by atoms with E-state index in [2.05, 4.69) is 15.3 Å². The molecule has 5 nitrogen and oxygen atoms in total. The van der Waals surface area contributed by atoms with Crippen LogP contribution in [0.1, 0.15) is 39.3 Å². The van der Waals surface area contributed by atoms with Crippen LogP contribution in [-0.4, -0.2) is 27.7 Å². The summed E-state index contributed by atoms with van der Waals surface area (Å²) >= 11 is 1.26. The molecule has 1 atom stereocenters. The lowest BCUT2D eigenvalue weighted by Crippen LogP contribution is -2.33. The van der Waals surface area contributed by atoms with Crippen LogP contribution >= 0.6 is 11.8 Å². The molecule has 0 fully saturated rings. The van der Waals surface area contributed by atoms with Gasteiger partial charge in [-0.3, -0.25) is 9.59 Å². The van der Waals surface area contributed by atoms with Gasteiger partial charge >= 0.3 is 0 Å². The SMILES string of the molecule is CCCc1cc(=O)[nH]c(SCC(=O)NC(C)CC)n1. The lowest BCUT2D eigenvalue weighted by molar-refractivity contribution is -0.119. The number of aromatic amines is 1. The fraction of sp³-hybridized carbons (Fsp3) is 0.615. The first kappa shape index (κ1) is 15.8. The second kappa shape index (κ2) is 7.99. The molecule has 1 amide bonds. The zero-order chi connectivity index (χ0) is 14.3. The van der Waals surface area contributed by atoms with Crippen LogP contribution in [0.2, 0.25) is 0 Å². The maximum absolute atomic E-state index is 11.6. The number of aryl methyl sites for hydroxylation is 1. The van der Waals surface area contributed by atoms with Crippen molar-refractivity contribution in [2.24, 2.45) is 0 Å². The molecule has 19 heavy (non-hydrogen) atoms. The summed E-state index contributed by atoms with van der Waals surface area (Å²) in [6, 6.07) is 1.68. The summed E-state index contributed by atoms with van der Waals surface area (Å²) in [6.07, 6.45) is 2.61. The summed E-state index contributed by atoms with van der Waals surface area (Å²) in [7, 11) is 0. The molecule has 0 spiro atoms. The first-order valence-electron chi connectivity index (χ1n) is 6.57. The standard InChI is InChI=1S/C13H21N3O2S/c1-4-6-10-7-11(17)16-13(15-10)19-8-12(18)14-9(3)5-2/h7,9H,4-6,8H2,1-3H3,(H,14,18)(H,15,16,17). The Morgan fingerprint density at radius 2 is 2.26 bits per heavy atom. The Morgan fingerprint density at radius 3 is 2.89 bits per heavy atom. The smallest absolute Gasteiger partial charge is 0.251 e. The van der Waals surface area contributed by atoms with Gasteiger partial charge in [-0.2, -0.15) is 0 Å². The molecular formula is C13H21N3O2S. The number of amides is 1. The number of nitrogens with one attached hydrogen (secondary N) is 2. The Hall–Kier alpha value is -1.30. The monoisotopic (exact) mass is 283 g/mol. The first-order valence-corrected chi connectivity index (χ1v) is 7.56. The van der Waals surface area contributed by atoms with Crippen LogP contribution in [-0.2, 0) is 11.2 Å². The van der Waals surface area contributed by atoms with Gasteiger partial charge in [0.05, 0.1) is 5.75 Å². The molecule has 1 aromatic heterocycles. The third-order valence-electron chi connectivity index (χ3n) is 2.64. The number of carbonyl (C=O) groups is 1. The molecule has 0 aromatic carbocycles. The van der Waals surface area contributed by atoms with Crippen LogP contribution in [0.15, 0.2) is 16.0 Å². The van der Waals surface area contributed by atoms with E-state index in [1.165, 1.54) is 17.8 Å². The van der Waals surface area contributed by atoms with Crippen molar-refractivity contribution in [3.05, 3.63) is 22.1 Å².